The Labute approximate surface area is 274 Å². The van der Waals surface area contributed by atoms with Gasteiger partial charge in [-0.1, -0.05) is 41.6 Å². The highest BCUT2D eigenvalue weighted by Gasteiger charge is 2.38. The minimum atomic E-state index is -4.68. The molecule has 47 heavy (non-hydrogen) atoms. The predicted molar refractivity (Wildman–Crippen MR) is 170 cm³/mol. The van der Waals surface area contributed by atoms with Gasteiger partial charge in [0.25, 0.3) is 21.8 Å². The Morgan fingerprint density at radius 3 is 2.00 bits per heavy atom. The summed E-state index contributed by atoms with van der Waals surface area (Å²) in [5.41, 5.74) is 1.23. The molecule has 2 amide bonds. The molecule has 250 valence electrons. The monoisotopic (exact) mass is 689 g/mol. The first-order valence-electron chi connectivity index (χ1n) is 14.9. The molecule has 15 heteroatoms. The summed E-state index contributed by atoms with van der Waals surface area (Å²) in [4.78, 5) is 28.5. The molecule has 2 aromatic carbocycles. The second-order valence-electron chi connectivity index (χ2n) is 11.2. The van der Waals surface area contributed by atoms with Gasteiger partial charge in [-0.15, -0.1) is 11.3 Å². The van der Waals surface area contributed by atoms with Gasteiger partial charge < -0.3 is 19.6 Å². The molecule has 0 aliphatic carbocycles. The molecular formula is C32H34F3N5O5S2. The van der Waals surface area contributed by atoms with E-state index in [0.717, 1.165) is 42.6 Å². The Hall–Kier alpha value is -4.05. The summed E-state index contributed by atoms with van der Waals surface area (Å²) in [6.07, 6.45) is -4.68. The molecular weight excluding hydrogens is 656 g/mol. The fourth-order valence-corrected chi connectivity index (χ4v) is 8.36. The smallest absolute Gasteiger partial charge is 0.351 e. The summed E-state index contributed by atoms with van der Waals surface area (Å²) in [7, 11) is -3.90. The van der Waals surface area contributed by atoms with E-state index < -0.39 is 28.0 Å². The van der Waals surface area contributed by atoms with Gasteiger partial charge in [-0.05, 0) is 50.2 Å². The van der Waals surface area contributed by atoms with Crippen LogP contribution in [0.1, 0.15) is 40.3 Å². The lowest BCUT2D eigenvalue weighted by Gasteiger charge is -2.38. The first kappa shape index (κ1) is 34.3. The third kappa shape index (κ3) is 8.09. The number of thiophene rings is 1. The molecule has 4 aromatic rings. The highest BCUT2D eigenvalue weighted by molar-refractivity contribution is 7.91. The Morgan fingerprint density at radius 1 is 0.872 bits per heavy atom. The van der Waals surface area contributed by atoms with Crippen LogP contribution < -0.4 is 5.32 Å². The van der Waals surface area contributed by atoms with Gasteiger partial charge in [0.15, 0.2) is 0 Å². The first-order valence-corrected chi connectivity index (χ1v) is 17.2. The van der Waals surface area contributed by atoms with Crippen LogP contribution in [0.5, 0.6) is 0 Å². The average molecular weight is 690 g/mol. The minimum absolute atomic E-state index is 0.0151. The number of aromatic nitrogens is 1. The number of benzene rings is 2. The molecule has 2 fully saturated rings. The van der Waals surface area contributed by atoms with Crippen LogP contribution in [0.2, 0.25) is 0 Å². The molecule has 4 heterocycles. The molecule has 6 rings (SSSR count). The fourth-order valence-electron chi connectivity index (χ4n) is 5.36. The van der Waals surface area contributed by atoms with Gasteiger partial charge in [-0.2, -0.15) is 17.5 Å². The van der Waals surface area contributed by atoms with Crippen LogP contribution in [0.15, 0.2) is 87.6 Å². The summed E-state index contributed by atoms with van der Waals surface area (Å²) >= 11 is 0.817. The molecule has 0 spiro atoms. The molecule has 2 aliphatic heterocycles. The lowest BCUT2D eigenvalue weighted by atomic mass is 10.1. The third-order valence-corrected chi connectivity index (χ3v) is 11.3. The Kier molecular flexibility index (Phi) is 10.5. The van der Waals surface area contributed by atoms with Crippen molar-refractivity contribution in [3.8, 4) is 10.6 Å². The van der Waals surface area contributed by atoms with Gasteiger partial charge in [-0.3, -0.25) is 9.59 Å². The van der Waals surface area contributed by atoms with E-state index in [1.165, 1.54) is 16.4 Å². The molecule has 2 atom stereocenters. The van der Waals surface area contributed by atoms with E-state index in [9.17, 15) is 31.2 Å². The van der Waals surface area contributed by atoms with Crippen molar-refractivity contribution < 1.29 is 35.7 Å². The van der Waals surface area contributed by atoms with Crippen LogP contribution in [-0.4, -0.2) is 90.8 Å². The first-order chi connectivity index (χ1) is 22.3. The van der Waals surface area contributed by atoms with Gasteiger partial charge >= 0.3 is 6.18 Å². The van der Waals surface area contributed by atoms with Crippen LogP contribution in [-0.2, 0) is 16.2 Å². The molecule has 2 aromatic heterocycles. The van der Waals surface area contributed by atoms with Crippen molar-refractivity contribution in [2.24, 2.45) is 0 Å². The summed E-state index contributed by atoms with van der Waals surface area (Å²) in [6.45, 7) is 6.87. The van der Waals surface area contributed by atoms with Crippen molar-refractivity contribution in [3.05, 3.63) is 95.7 Å². The van der Waals surface area contributed by atoms with Crippen LogP contribution in [0.3, 0.4) is 0 Å². The molecule has 0 radical (unpaired) electrons. The van der Waals surface area contributed by atoms with Crippen molar-refractivity contribution >= 4 is 33.2 Å². The predicted octanol–water partition coefficient (Wildman–Crippen LogP) is 5.08. The van der Waals surface area contributed by atoms with Crippen molar-refractivity contribution in [2.75, 3.05) is 39.3 Å². The van der Waals surface area contributed by atoms with Gasteiger partial charge in [0.1, 0.15) is 9.90 Å². The normalized spacial score (nSPS) is 19.2. The van der Waals surface area contributed by atoms with E-state index in [4.69, 9.17) is 0 Å². The molecule has 0 bridgehead atoms. The molecule has 2 aliphatic rings. The van der Waals surface area contributed by atoms with Crippen molar-refractivity contribution in [3.63, 3.8) is 0 Å². The van der Waals surface area contributed by atoms with E-state index in [1.807, 2.05) is 41.3 Å². The largest absolute Gasteiger partial charge is 0.452 e. The summed E-state index contributed by atoms with van der Waals surface area (Å²) < 4.78 is 70.1. The second kappa shape index (κ2) is 14.4. The number of nitrogens with one attached hydrogen (secondary N) is 1. The van der Waals surface area contributed by atoms with Crippen LogP contribution in [0.25, 0.3) is 10.6 Å². The van der Waals surface area contributed by atoms with Crippen LogP contribution >= 0.6 is 11.3 Å². The van der Waals surface area contributed by atoms with Gasteiger partial charge in [0.2, 0.25) is 5.76 Å². The average Bonchev–Trinajstić information content (AvgIpc) is 3.77. The highest BCUT2D eigenvalue weighted by atomic mass is 32.2. The number of rotatable bonds is 5. The number of alkyl halides is 3. The van der Waals surface area contributed by atoms with Crippen LogP contribution in [0, 0.1) is 0 Å². The number of hydrogen-bond acceptors (Lipinski definition) is 8. The van der Waals surface area contributed by atoms with Gasteiger partial charge in [0.05, 0.1) is 4.88 Å². The number of piperazine rings is 2. The highest BCUT2D eigenvalue weighted by Crippen LogP contribution is 2.36. The fraction of sp³-hybridized carbons (Fsp3) is 0.344. The lowest BCUT2D eigenvalue weighted by molar-refractivity contribution is -0.155. The van der Waals surface area contributed by atoms with E-state index in [0.29, 0.717) is 11.6 Å². The van der Waals surface area contributed by atoms with E-state index in [2.05, 4.69) is 21.9 Å². The molecule has 1 unspecified atom stereocenters. The van der Waals surface area contributed by atoms with Crippen LogP contribution in [0.4, 0.5) is 13.2 Å². The summed E-state index contributed by atoms with van der Waals surface area (Å²) in [5, 5.41) is 6.72. The summed E-state index contributed by atoms with van der Waals surface area (Å²) in [5.74, 6) is -1.28. The molecule has 0 saturated carbocycles. The number of halogens is 3. The van der Waals surface area contributed by atoms with E-state index in [1.54, 1.807) is 36.1 Å². The van der Waals surface area contributed by atoms with E-state index in [-0.39, 0.29) is 46.2 Å². The maximum Gasteiger partial charge on any atom is 0.452 e. The number of carbonyl (C=O) groups excluding carboxylic acids is 2. The Morgan fingerprint density at radius 2 is 1.47 bits per heavy atom. The van der Waals surface area contributed by atoms with Crippen molar-refractivity contribution in [2.45, 2.75) is 36.3 Å². The number of sulfonamides is 1. The Balaban J connectivity index is 0.000000241. The maximum atomic E-state index is 13.2. The van der Waals surface area contributed by atoms with Gasteiger partial charge in [-0.25, -0.2) is 8.42 Å². The van der Waals surface area contributed by atoms with Crippen molar-refractivity contribution in [1.29, 1.82) is 0 Å². The number of nitrogens with zero attached hydrogens (tertiary/aromatic N) is 4. The minimum Gasteiger partial charge on any atom is -0.351 e. The maximum absolute atomic E-state index is 13.2. The second-order valence-corrected chi connectivity index (χ2v) is 14.4. The summed E-state index contributed by atoms with van der Waals surface area (Å²) in [6, 6.07) is 21.6. The number of amides is 2. The number of hydrogen-bond donors (Lipinski definition) is 1. The SMILES string of the molecule is CC1CN(C(=O)c2ccccc2)CCN1.C[C@@H]1CN(C(=O)c2ccccc2)CCN1S(=O)(=O)c1ccc(-c2cc(C(F)(F)F)on2)s1. The topological polar surface area (TPSA) is 116 Å². The zero-order valence-electron chi connectivity index (χ0n) is 25.7. The lowest BCUT2D eigenvalue weighted by Crippen LogP contribution is -2.55. The third-order valence-electron chi connectivity index (χ3n) is 7.74. The quantitative estimate of drug-likeness (QED) is 0.311. The van der Waals surface area contributed by atoms with Gasteiger partial charge in [0, 0.05) is 68.5 Å². The molecule has 2 saturated heterocycles. The zero-order valence-corrected chi connectivity index (χ0v) is 27.3. The molecule has 1 N–H and O–H groups in total. The molecule has 10 nitrogen and oxygen atoms in total. The Bertz CT molecular complexity index is 1780. The number of carbonyl (C=O) groups is 2. The standard InChI is InChI=1S/C20H18F3N3O4S2.C12H16N2O/c1-13-12-25(19(27)14-5-3-2-4-6-14)9-10-26(13)32(28,29)18-8-7-16(31-18)15-11-17(30-24-15)20(21,22)23;1-10-9-14(8-7-13-10)12(15)11-5-3-2-4-6-11/h2-8,11,13H,9-10,12H2,1H3;2-6,10,13H,7-9H2,1H3/t13-;/m1./s1. The van der Waals surface area contributed by atoms with E-state index >= 15 is 0 Å². The zero-order chi connectivity index (χ0) is 33.8. The van der Waals surface area contributed by atoms with Crippen molar-refractivity contribution in [1.82, 2.24) is 24.6 Å².